The first-order valence-corrected chi connectivity index (χ1v) is 7.70. The summed E-state index contributed by atoms with van der Waals surface area (Å²) in [5.41, 5.74) is -0.414. The molecule has 2 heterocycles. The van der Waals surface area contributed by atoms with Gasteiger partial charge in [0.1, 0.15) is 5.60 Å². The zero-order valence-corrected chi connectivity index (χ0v) is 13.2. The molecule has 0 aromatic rings. The van der Waals surface area contributed by atoms with Crippen molar-refractivity contribution in [3.63, 3.8) is 0 Å². The quantitative estimate of drug-likeness (QED) is 0.808. The Morgan fingerprint density at radius 3 is 2.35 bits per heavy atom. The van der Waals surface area contributed by atoms with E-state index in [0.717, 1.165) is 25.7 Å². The third-order valence-corrected chi connectivity index (χ3v) is 4.19. The van der Waals surface area contributed by atoms with E-state index >= 15 is 0 Å². The maximum absolute atomic E-state index is 12.3. The number of nitrogens with zero attached hydrogens (tertiary/aromatic N) is 1. The summed E-state index contributed by atoms with van der Waals surface area (Å²) in [6.45, 7) is 11.7. The highest BCUT2D eigenvalue weighted by molar-refractivity contribution is 5.69. The second-order valence-electron chi connectivity index (χ2n) is 7.13. The van der Waals surface area contributed by atoms with E-state index in [1.807, 2.05) is 31.7 Å². The molecular formula is C16H28N2O2. The van der Waals surface area contributed by atoms with Crippen LogP contribution in [0.25, 0.3) is 0 Å². The maximum Gasteiger partial charge on any atom is 0.410 e. The van der Waals surface area contributed by atoms with E-state index in [1.165, 1.54) is 0 Å². The maximum atomic E-state index is 12.3. The molecule has 0 aliphatic carbocycles. The van der Waals surface area contributed by atoms with Gasteiger partial charge in [-0.1, -0.05) is 6.08 Å². The molecular weight excluding hydrogens is 252 g/mol. The van der Waals surface area contributed by atoms with E-state index in [0.29, 0.717) is 24.2 Å². The molecule has 20 heavy (non-hydrogen) atoms. The van der Waals surface area contributed by atoms with Crippen LogP contribution >= 0.6 is 0 Å². The molecule has 2 saturated heterocycles. The Morgan fingerprint density at radius 2 is 1.90 bits per heavy atom. The van der Waals surface area contributed by atoms with Gasteiger partial charge in [0.05, 0.1) is 0 Å². The second-order valence-corrected chi connectivity index (χ2v) is 7.13. The Hall–Kier alpha value is -1.03. The lowest BCUT2D eigenvalue weighted by Crippen LogP contribution is -2.53. The van der Waals surface area contributed by atoms with Crippen molar-refractivity contribution in [3.8, 4) is 0 Å². The van der Waals surface area contributed by atoms with Gasteiger partial charge in [-0.3, -0.25) is 0 Å². The van der Waals surface area contributed by atoms with Crippen molar-refractivity contribution in [2.75, 3.05) is 0 Å². The molecule has 0 aromatic heterocycles. The molecule has 3 atom stereocenters. The molecule has 2 aliphatic heterocycles. The lowest BCUT2D eigenvalue weighted by atomic mass is 9.97. The minimum absolute atomic E-state index is 0.139. The monoisotopic (exact) mass is 280 g/mol. The largest absolute Gasteiger partial charge is 0.444 e. The molecule has 2 rings (SSSR count). The highest BCUT2D eigenvalue weighted by Gasteiger charge is 2.44. The average molecular weight is 280 g/mol. The van der Waals surface area contributed by atoms with Gasteiger partial charge in [-0.15, -0.1) is 6.58 Å². The fourth-order valence-corrected chi connectivity index (χ4v) is 3.37. The van der Waals surface area contributed by atoms with Gasteiger partial charge in [-0.05, 0) is 53.4 Å². The van der Waals surface area contributed by atoms with Crippen LogP contribution in [0.2, 0.25) is 0 Å². The van der Waals surface area contributed by atoms with E-state index in [1.54, 1.807) is 0 Å². The minimum atomic E-state index is -0.414. The van der Waals surface area contributed by atoms with Crippen molar-refractivity contribution in [2.45, 2.75) is 83.1 Å². The van der Waals surface area contributed by atoms with Gasteiger partial charge in [-0.2, -0.15) is 0 Å². The van der Waals surface area contributed by atoms with Crippen LogP contribution in [-0.2, 0) is 4.74 Å². The Labute approximate surface area is 122 Å². The van der Waals surface area contributed by atoms with E-state index < -0.39 is 5.60 Å². The van der Waals surface area contributed by atoms with Crippen LogP contribution in [0.3, 0.4) is 0 Å². The van der Waals surface area contributed by atoms with Crippen LogP contribution < -0.4 is 5.32 Å². The number of hydrogen-bond donors (Lipinski definition) is 1. The van der Waals surface area contributed by atoms with Gasteiger partial charge in [0.15, 0.2) is 0 Å². The van der Waals surface area contributed by atoms with Crippen LogP contribution in [0, 0.1) is 0 Å². The fourth-order valence-electron chi connectivity index (χ4n) is 3.37. The van der Waals surface area contributed by atoms with E-state index in [-0.39, 0.29) is 6.09 Å². The Kier molecular flexibility index (Phi) is 4.43. The zero-order valence-electron chi connectivity index (χ0n) is 13.2. The highest BCUT2D eigenvalue weighted by atomic mass is 16.6. The standard InChI is InChI=1S/C16H28N2O2/c1-6-11(2)17-12-9-13-7-8-14(10-12)18(13)15(19)20-16(3,4)5/h6,11-14,17H,1,7-10H2,2-5H3. The number of rotatable bonds is 3. The number of hydrogen-bond acceptors (Lipinski definition) is 3. The van der Waals surface area contributed by atoms with Crippen molar-refractivity contribution in [1.82, 2.24) is 10.2 Å². The summed E-state index contributed by atoms with van der Waals surface area (Å²) in [5.74, 6) is 0. The fraction of sp³-hybridized carbons (Fsp3) is 0.812. The van der Waals surface area contributed by atoms with E-state index in [2.05, 4.69) is 18.8 Å². The molecule has 114 valence electrons. The predicted octanol–water partition coefficient (Wildman–Crippen LogP) is 3.08. The number of nitrogens with one attached hydrogen (secondary N) is 1. The molecule has 0 aromatic carbocycles. The molecule has 4 heteroatoms. The molecule has 2 aliphatic rings. The topological polar surface area (TPSA) is 41.6 Å². The first kappa shape index (κ1) is 15.4. The van der Waals surface area contributed by atoms with Gasteiger partial charge in [0.2, 0.25) is 0 Å². The zero-order chi connectivity index (χ0) is 14.9. The van der Waals surface area contributed by atoms with Gasteiger partial charge in [0.25, 0.3) is 0 Å². The normalized spacial score (nSPS) is 31.0. The lowest BCUT2D eigenvalue weighted by molar-refractivity contribution is 0.00457. The van der Waals surface area contributed by atoms with Crippen LogP contribution in [0.5, 0.6) is 0 Å². The molecule has 2 bridgehead atoms. The summed E-state index contributed by atoms with van der Waals surface area (Å²) in [7, 11) is 0. The summed E-state index contributed by atoms with van der Waals surface area (Å²) in [4.78, 5) is 14.3. The van der Waals surface area contributed by atoms with E-state index in [9.17, 15) is 4.79 Å². The summed E-state index contributed by atoms with van der Waals surface area (Å²) in [5, 5.41) is 3.58. The van der Waals surface area contributed by atoms with Gasteiger partial charge in [0, 0.05) is 24.2 Å². The molecule has 1 N–H and O–H groups in total. The summed E-state index contributed by atoms with van der Waals surface area (Å²) in [6, 6.07) is 1.47. The third kappa shape index (κ3) is 3.54. The van der Waals surface area contributed by atoms with Crippen molar-refractivity contribution < 1.29 is 9.53 Å². The predicted molar refractivity (Wildman–Crippen MR) is 80.7 cm³/mol. The number of ether oxygens (including phenoxy) is 1. The first-order chi connectivity index (χ1) is 9.30. The van der Waals surface area contributed by atoms with Crippen LogP contribution in [0.1, 0.15) is 53.4 Å². The van der Waals surface area contributed by atoms with E-state index in [4.69, 9.17) is 4.74 Å². The molecule has 0 spiro atoms. The average Bonchev–Trinajstić information content (AvgIpc) is 2.59. The summed E-state index contributed by atoms with van der Waals surface area (Å²) < 4.78 is 5.55. The van der Waals surface area contributed by atoms with Crippen LogP contribution in [0.4, 0.5) is 4.79 Å². The van der Waals surface area contributed by atoms with Crippen molar-refractivity contribution in [2.24, 2.45) is 0 Å². The Balaban J connectivity index is 1.96. The summed E-state index contributed by atoms with van der Waals surface area (Å²) >= 11 is 0. The van der Waals surface area contributed by atoms with Gasteiger partial charge in [-0.25, -0.2) is 4.79 Å². The third-order valence-electron chi connectivity index (χ3n) is 4.19. The van der Waals surface area contributed by atoms with Crippen molar-refractivity contribution >= 4 is 6.09 Å². The van der Waals surface area contributed by atoms with Crippen LogP contribution in [0.15, 0.2) is 12.7 Å². The lowest BCUT2D eigenvalue weighted by Gasteiger charge is -2.40. The summed E-state index contributed by atoms with van der Waals surface area (Å²) in [6.07, 6.45) is 6.04. The number of carbonyl (C=O) groups excluding carboxylic acids is 1. The SMILES string of the molecule is C=CC(C)NC1CC2CCC(C1)N2C(=O)OC(C)(C)C. The molecule has 4 nitrogen and oxygen atoms in total. The molecule has 1 amide bonds. The van der Waals surface area contributed by atoms with Crippen molar-refractivity contribution in [1.29, 1.82) is 0 Å². The number of fused-ring (bicyclic) bond motifs is 2. The Bertz CT molecular complexity index is 361. The number of carbonyl (C=O) groups is 1. The molecule has 0 saturated carbocycles. The number of piperidine rings is 1. The van der Waals surface area contributed by atoms with Gasteiger partial charge < -0.3 is 15.0 Å². The highest BCUT2D eigenvalue weighted by Crippen LogP contribution is 2.36. The molecule has 0 radical (unpaired) electrons. The minimum Gasteiger partial charge on any atom is -0.444 e. The second kappa shape index (κ2) is 5.76. The molecule has 2 fully saturated rings. The smallest absolute Gasteiger partial charge is 0.410 e. The molecule has 3 unspecified atom stereocenters. The Morgan fingerprint density at radius 1 is 1.35 bits per heavy atom. The van der Waals surface area contributed by atoms with Crippen LogP contribution in [-0.4, -0.2) is 40.8 Å². The number of amides is 1. The van der Waals surface area contributed by atoms with Gasteiger partial charge >= 0.3 is 6.09 Å². The first-order valence-electron chi connectivity index (χ1n) is 7.70. The van der Waals surface area contributed by atoms with Crippen molar-refractivity contribution in [3.05, 3.63) is 12.7 Å².